The van der Waals surface area contributed by atoms with Gasteiger partial charge < -0.3 is 19.6 Å². The second-order valence-corrected chi connectivity index (χ2v) is 5.62. The maximum atomic E-state index is 12.5. The number of methoxy groups -OCH3 is 1. The van der Waals surface area contributed by atoms with Crippen molar-refractivity contribution < 1.29 is 23.8 Å². The van der Waals surface area contributed by atoms with E-state index in [4.69, 9.17) is 14.3 Å². The molecule has 0 saturated heterocycles. The molecule has 2 N–H and O–H groups in total. The van der Waals surface area contributed by atoms with Crippen molar-refractivity contribution in [1.29, 1.82) is 0 Å². The Morgan fingerprint density at radius 1 is 1.29 bits per heavy atom. The van der Waals surface area contributed by atoms with Crippen molar-refractivity contribution in [3.05, 3.63) is 47.7 Å². The van der Waals surface area contributed by atoms with E-state index in [9.17, 15) is 9.59 Å². The van der Waals surface area contributed by atoms with E-state index in [0.29, 0.717) is 17.1 Å². The number of carbonyl (C=O) groups is 2. The van der Waals surface area contributed by atoms with Crippen molar-refractivity contribution in [1.82, 2.24) is 10.3 Å². The lowest BCUT2D eigenvalue weighted by atomic mass is 10.0. The first-order valence-corrected chi connectivity index (χ1v) is 7.52. The van der Waals surface area contributed by atoms with Gasteiger partial charge in [-0.05, 0) is 17.7 Å². The zero-order valence-electron chi connectivity index (χ0n) is 13.8. The minimum absolute atomic E-state index is 0.00726. The Kier molecular flexibility index (Phi) is 5.57. The molecule has 7 nitrogen and oxygen atoms in total. The molecule has 1 heterocycles. The van der Waals surface area contributed by atoms with Crippen LogP contribution >= 0.6 is 0 Å². The molecule has 24 heavy (non-hydrogen) atoms. The van der Waals surface area contributed by atoms with E-state index < -0.39 is 17.9 Å². The van der Waals surface area contributed by atoms with E-state index in [1.807, 2.05) is 13.8 Å². The van der Waals surface area contributed by atoms with Gasteiger partial charge >= 0.3 is 5.97 Å². The van der Waals surface area contributed by atoms with Crippen LogP contribution in [0.15, 0.2) is 35.1 Å². The van der Waals surface area contributed by atoms with Crippen molar-refractivity contribution in [3.63, 3.8) is 0 Å². The Hall–Kier alpha value is -2.83. The van der Waals surface area contributed by atoms with Gasteiger partial charge in [0.1, 0.15) is 11.5 Å². The number of oxazole rings is 1. The van der Waals surface area contributed by atoms with Gasteiger partial charge in [-0.1, -0.05) is 26.0 Å². The highest BCUT2D eigenvalue weighted by Crippen LogP contribution is 2.23. The van der Waals surface area contributed by atoms with Gasteiger partial charge in [-0.25, -0.2) is 4.98 Å². The van der Waals surface area contributed by atoms with Gasteiger partial charge in [0, 0.05) is 5.92 Å². The molecular formula is C17H20N2O5. The van der Waals surface area contributed by atoms with Crippen molar-refractivity contribution >= 4 is 11.9 Å². The van der Waals surface area contributed by atoms with Gasteiger partial charge in [-0.15, -0.1) is 0 Å². The summed E-state index contributed by atoms with van der Waals surface area (Å²) in [6.07, 6.45) is 0.969. The Bertz CT molecular complexity index is 706. The summed E-state index contributed by atoms with van der Waals surface area (Å²) < 4.78 is 10.3. The normalized spacial score (nSPS) is 12.0. The summed E-state index contributed by atoms with van der Waals surface area (Å²) in [5, 5.41) is 11.8. The van der Waals surface area contributed by atoms with Crippen LogP contribution in [0.25, 0.3) is 0 Å². The molecule has 0 fully saturated rings. The van der Waals surface area contributed by atoms with Crippen LogP contribution in [0.5, 0.6) is 5.75 Å². The SMILES string of the molecule is COc1ccc(C(CC(=O)O)NC(=O)c2ncoc2C(C)C)cc1. The van der Waals surface area contributed by atoms with E-state index in [1.54, 1.807) is 31.4 Å². The molecule has 1 amide bonds. The van der Waals surface area contributed by atoms with E-state index in [1.165, 1.54) is 6.39 Å². The van der Waals surface area contributed by atoms with Gasteiger partial charge in [-0.3, -0.25) is 9.59 Å². The van der Waals surface area contributed by atoms with E-state index in [-0.39, 0.29) is 18.0 Å². The molecule has 0 bridgehead atoms. The topological polar surface area (TPSA) is 102 Å². The predicted molar refractivity (Wildman–Crippen MR) is 86.0 cm³/mol. The number of carboxylic acids is 1. The second kappa shape index (κ2) is 7.63. The molecule has 1 aromatic carbocycles. The fraction of sp³-hybridized carbons (Fsp3) is 0.353. The number of rotatable bonds is 7. The number of aliphatic carboxylic acids is 1. The molecule has 128 valence electrons. The van der Waals surface area contributed by atoms with Crippen molar-refractivity contribution in [2.24, 2.45) is 0 Å². The third-order valence-electron chi connectivity index (χ3n) is 3.54. The number of carboxylic acid groups (broad SMARTS) is 1. The summed E-state index contributed by atoms with van der Waals surface area (Å²) in [6, 6.07) is 6.19. The summed E-state index contributed by atoms with van der Waals surface area (Å²) in [4.78, 5) is 27.6. The second-order valence-electron chi connectivity index (χ2n) is 5.62. The molecule has 2 aromatic rings. The van der Waals surface area contributed by atoms with Gasteiger partial charge in [0.05, 0.1) is 19.6 Å². The molecular weight excluding hydrogens is 312 g/mol. The lowest BCUT2D eigenvalue weighted by molar-refractivity contribution is -0.137. The minimum Gasteiger partial charge on any atom is -0.497 e. The standard InChI is InChI=1S/C17H20N2O5/c1-10(2)16-15(18-9-24-16)17(22)19-13(8-14(20)21)11-4-6-12(23-3)7-5-11/h4-7,9-10,13H,8H2,1-3H3,(H,19,22)(H,20,21). The van der Waals surface area contributed by atoms with E-state index >= 15 is 0 Å². The lowest BCUT2D eigenvalue weighted by Gasteiger charge is -2.17. The third kappa shape index (κ3) is 4.13. The monoisotopic (exact) mass is 332 g/mol. The first-order valence-electron chi connectivity index (χ1n) is 7.52. The van der Waals surface area contributed by atoms with Crippen molar-refractivity contribution in [3.8, 4) is 5.75 Å². The third-order valence-corrected chi connectivity index (χ3v) is 3.54. The molecule has 1 aromatic heterocycles. The summed E-state index contributed by atoms with van der Waals surface area (Å²) in [6.45, 7) is 3.77. The fourth-order valence-corrected chi connectivity index (χ4v) is 2.32. The highest BCUT2D eigenvalue weighted by Gasteiger charge is 2.24. The lowest BCUT2D eigenvalue weighted by Crippen LogP contribution is -2.31. The largest absolute Gasteiger partial charge is 0.497 e. The Balaban J connectivity index is 2.23. The first kappa shape index (κ1) is 17.5. The molecule has 0 radical (unpaired) electrons. The maximum Gasteiger partial charge on any atom is 0.305 e. The number of benzene rings is 1. The average molecular weight is 332 g/mol. The molecule has 0 spiro atoms. The number of hydrogen-bond acceptors (Lipinski definition) is 5. The Morgan fingerprint density at radius 2 is 1.96 bits per heavy atom. The van der Waals surface area contributed by atoms with Crippen LogP contribution in [0.1, 0.15) is 54.0 Å². The highest BCUT2D eigenvalue weighted by atomic mass is 16.5. The van der Waals surface area contributed by atoms with Crippen LogP contribution in [0, 0.1) is 0 Å². The molecule has 1 atom stereocenters. The number of amides is 1. The van der Waals surface area contributed by atoms with Gasteiger partial charge in [0.15, 0.2) is 12.1 Å². The van der Waals surface area contributed by atoms with Gasteiger partial charge in [0.2, 0.25) is 0 Å². The molecule has 1 unspecified atom stereocenters. The smallest absolute Gasteiger partial charge is 0.305 e. The number of carbonyl (C=O) groups excluding carboxylic acids is 1. The molecule has 0 aliphatic heterocycles. The van der Waals surface area contributed by atoms with Crippen LogP contribution in [0.4, 0.5) is 0 Å². The van der Waals surface area contributed by atoms with Gasteiger partial charge in [0.25, 0.3) is 5.91 Å². The Labute approximate surface area is 139 Å². The molecule has 7 heteroatoms. The number of hydrogen-bond donors (Lipinski definition) is 2. The quantitative estimate of drug-likeness (QED) is 0.808. The van der Waals surface area contributed by atoms with Gasteiger partial charge in [-0.2, -0.15) is 0 Å². The van der Waals surface area contributed by atoms with Crippen LogP contribution in [0.2, 0.25) is 0 Å². The molecule has 0 aliphatic carbocycles. The summed E-state index contributed by atoms with van der Waals surface area (Å²) in [7, 11) is 1.55. The first-order chi connectivity index (χ1) is 11.4. The number of nitrogens with zero attached hydrogens (tertiary/aromatic N) is 1. The van der Waals surface area contributed by atoms with E-state index in [2.05, 4.69) is 10.3 Å². The number of nitrogens with one attached hydrogen (secondary N) is 1. The van der Waals surface area contributed by atoms with Crippen LogP contribution < -0.4 is 10.1 Å². The highest BCUT2D eigenvalue weighted by molar-refractivity contribution is 5.93. The zero-order chi connectivity index (χ0) is 17.7. The van der Waals surface area contributed by atoms with Crippen LogP contribution in [0.3, 0.4) is 0 Å². The predicted octanol–water partition coefficient (Wildman–Crippen LogP) is 2.75. The molecule has 0 saturated carbocycles. The summed E-state index contributed by atoms with van der Waals surface area (Å²) in [5.41, 5.74) is 0.843. The maximum absolute atomic E-state index is 12.5. The van der Waals surface area contributed by atoms with Crippen molar-refractivity contribution in [2.45, 2.75) is 32.2 Å². The summed E-state index contributed by atoms with van der Waals surface area (Å²) >= 11 is 0. The Morgan fingerprint density at radius 3 is 2.50 bits per heavy atom. The van der Waals surface area contributed by atoms with Crippen LogP contribution in [-0.2, 0) is 4.79 Å². The molecule has 0 aliphatic rings. The molecule has 2 rings (SSSR count). The number of ether oxygens (including phenoxy) is 1. The van der Waals surface area contributed by atoms with E-state index in [0.717, 1.165) is 0 Å². The van der Waals surface area contributed by atoms with Crippen molar-refractivity contribution in [2.75, 3.05) is 7.11 Å². The average Bonchev–Trinajstić information content (AvgIpc) is 3.04. The van der Waals surface area contributed by atoms with Crippen LogP contribution in [-0.4, -0.2) is 29.1 Å². The zero-order valence-corrected chi connectivity index (χ0v) is 13.8. The number of aromatic nitrogens is 1. The summed E-state index contributed by atoms with van der Waals surface area (Å²) in [5.74, 6) is -0.365. The minimum atomic E-state index is -1.01. The fourth-order valence-electron chi connectivity index (χ4n) is 2.32.